The topological polar surface area (TPSA) is 72.0 Å². The van der Waals surface area contributed by atoms with E-state index < -0.39 is 6.10 Å². The van der Waals surface area contributed by atoms with Crippen molar-refractivity contribution in [1.29, 1.82) is 0 Å². The SMILES string of the molecule is O=C(C1CN(C(=O)c2csc(-c3ccsc3)n2)c2ccccc2O1)N1CCOCC1. The summed E-state index contributed by atoms with van der Waals surface area (Å²) in [5.41, 5.74) is 2.03. The first-order valence-electron chi connectivity index (χ1n) is 9.63. The van der Waals surface area contributed by atoms with Crippen LogP contribution in [0.2, 0.25) is 0 Å². The summed E-state index contributed by atoms with van der Waals surface area (Å²) in [6.07, 6.45) is -0.753. The number of amides is 2. The molecule has 7 nitrogen and oxygen atoms in total. The van der Waals surface area contributed by atoms with E-state index in [1.54, 1.807) is 32.6 Å². The number of thiazole rings is 1. The zero-order chi connectivity index (χ0) is 20.5. The number of anilines is 1. The quantitative estimate of drug-likeness (QED) is 0.625. The largest absolute Gasteiger partial charge is 0.476 e. The summed E-state index contributed by atoms with van der Waals surface area (Å²) in [6.45, 7) is 2.25. The third-order valence-corrected chi connectivity index (χ3v) is 6.68. The van der Waals surface area contributed by atoms with Crippen molar-refractivity contribution in [3.05, 3.63) is 52.2 Å². The number of benzene rings is 1. The highest BCUT2D eigenvalue weighted by Crippen LogP contribution is 2.35. The molecule has 1 aromatic carbocycles. The van der Waals surface area contributed by atoms with Crippen molar-refractivity contribution in [3.63, 3.8) is 0 Å². The third-order valence-electron chi connectivity index (χ3n) is 5.11. The Bertz CT molecular complexity index is 1060. The average Bonchev–Trinajstić information content (AvgIpc) is 3.50. The summed E-state index contributed by atoms with van der Waals surface area (Å²) in [5, 5.41) is 6.57. The van der Waals surface area contributed by atoms with E-state index in [1.807, 2.05) is 35.0 Å². The van der Waals surface area contributed by atoms with Crippen LogP contribution in [0.3, 0.4) is 0 Å². The van der Waals surface area contributed by atoms with Gasteiger partial charge in [0.1, 0.15) is 16.5 Å². The normalized spacial score (nSPS) is 18.6. The van der Waals surface area contributed by atoms with Gasteiger partial charge in [0.25, 0.3) is 11.8 Å². The van der Waals surface area contributed by atoms with Gasteiger partial charge in [0.2, 0.25) is 0 Å². The Morgan fingerprint density at radius 1 is 1.10 bits per heavy atom. The van der Waals surface area contributed by atoms with E-state index in [9.17, 15) is 9.59 Å². The van der Waals surface area contributed by atoms with E-state index in [1.165, 1.54) is 11.3 Å². The minimum atomic E-state index is -0.753. The Labute approximate surface area is 181 Å². The molecule has 1 fully saturated rings. The molecule has 30 heavy (non-hydrogen) atoms. The van der Waals surface area contributed by atoms with Crippen LogP contribution >= 0.6 is 22.7 Å². The standard InChI is InChI=1S/C21H19N3O4S2/c25-20(15-13-30-19(22-15)14-5-10-29-12-14)24-11-18(21(26)23-6-8-27-9-7-23)28-17-4-2-1-3-16(17)24/h1-5,10,12-13,18H,6-9,11H2. The molecule has 2 amide bonds. The number of para-hydroxylation sites is 2. The molecule has 0 bridgehead atoms. The molecule has 4 heterocycles. The van der Waals surface area contributed by atoms with Crippen LogP contribution < -0.4 is 9.64 Å². The molecule has 2 aromatic heterocycles. The Hall–Kier alpha value is -2.75. The molecule has 9 heteroatoms. The molecule has 154 valence electrons. The van der Waals surface area contributed by atoms with Gasteiger partial charge >= 0.3 is 0 Å². The Balaban J connectivity index is 1.43. The number of carbonyl (C=O) groups excluding carboxylic acids is 2. The second-order valence-corrected chi connectivity index (χ2v) is 8.62. The predicted octanol–water partition coefficient (Wildman–Crippen LogP) is 3.14. The number of morpholine rings is 1. The number of fused-ring (bicyclic) bond motifs is 1. The van der Waals surface area contributed by atoms with Gasteiger partial charge in [-0.15, -0.1) is 11.3 Å². The third kappa shape index (κ3) is 3.60. The summed E-state index contributed by atoms with van der Waals surface area (Å²) < 4.78 is 11.3. The Morgan fingerprint density at radius 2 is 1.93 bits per heavy atom. The lowest BCUT2D eigenvalue weighted by molar-refractivity contribution is -0.142. The number of hydrogen-bond donors (Lipinski definition) is 0. The van der Waals surface area contributed by atoms with Crippen LogP contribution in [-0.4, -0.2) is 60.7 Å². The maximum absolute atomic E-state index is 13.4. The van der Waals surface area contributed by atoms with Crippen LogP contribution in [0.15, 0.2) is 46.5 Å². The maximum Gasteiger partial charge on any atom is 0.278 e. The van der Waals surface area contributed by atoms with Gasteiger partial charge in [0, 0.05) is 29.4 Å². The highest BCUT2D eigenvalue weighted by molar-refractivity contribution is 7.14. The molecule has 0 saturated carbocycles. The van der Waals surface area contributed by atoms with Crippen molar-refractivity contribution in [3.8, 4) is 16.3 Å². The molecule has 5 rings (SSSR count). The lowest BCUT2D eigenvalue weighted by Crippen LogP contribution is -2.54. The first-order valence-corrected chi connectivity index (χ1v) is 11.4. The van der Waals surface area contributed by atoms with Crippen LogP contribution in [-0.2, 0) is 9.53 Å². The average molecular weight is 442 g/mol. The number of rotatable bonds is 3. The van der Waals surface area contributed by atoms with Gasteiger partial charge in [-0.3, -0.25) is 14.5 Å². The van der Waals surface area contributed by atoms with Crippen molar-refractivity contribution in [2.75, 3.05) is 37.7 Å². The molecule has 3 aromatic rings. The Kier molecular flexibility index (Phi) is 5.24. The molecule has 0 N–H and O–H groups in total. The smallest absolute Gasteiger partial charge is 0.278 e. The number of carbonyl (C=O) groups is 2. The summed E-state index contributed by atoms with van der Waals surface area (Å²) in [4.78, 5) is 34.3. The van der Waals surface area contributed by atoms with E-state index in [4.69, 9.17) is 9.47 Å². The molecule has 2 aliphatic heterocycles. The first kappa shape index (κ1) is 19.2. The molecular formula is C21H19N3O4S2. The molecular weight excluding hydrogens is 422 g/mol. The van der Waals surface area contributed by atoms with Gasteiger partial charge in [0.15, 0.2) is 6.10 Å². The van der Waals surface area contributed by atoms with Crippen molar-refractivity contribution in [2.45, 2.75) is 6.10 Å². The molecule has 1 atom stereocenters. The zero-order valence-electron chi connectivity index (χ0n) is 16.0. The van der Waals surface area contributed by atoms with Gasteiger partial charge in [0.05, 0.1) is 25.4 Å². The van der Waals surface area contributed by atoms with Crippen molar-refractivity contribution in [2.24, 2.45) is 0 Å². The highest BCUT2D eigenvalue weighted by atomic mass is 32.1. The number of hydrogen-bond acceptors (Lipinski definition) is 7. The minimum absolute atomic E-state index is 0.122. The van der Waals surface area contributed by atoms with Crippen molar-refractivity contribution >= 4 is 40.2 Å². The summed E-state index contributed by atoms with van der Waals surface area (Å²) >= 11 is 3.03. The van der Waals surface area contributed by atoms with Crippen LogP contribution in [0.1, 0.15) is 10.5 Å². The van der Waals surface area contributed by atoms with Crippen LogP contribution in [0.25, 0.3) is 10.6 Å². The van der Waals surface area contributed by atoms with E-state index in [0.717, 1.165) is 10.6 Å². The number of aromatic nitrogens is 1. The van der Waals surface area contributed by atoms with Crippen molar-refractivity contribution in [1.82, 2.24) is 9.88 Å². The summed E-state index contributed by atoms with van der Waals surface area (Å²) in [7, 11) is 0. The molecule has 2 aliphatic rings. The Morgan fingerprint density at radius 3 is 2.73 bits per heavy atom. The summed E-state index contributed by atoms with van der Waals surface area (Å²) in [6, 6.07) is 9.28. The lowest BCUT2D eigenvalue weighted by atomic mass is 10.1. The van der Waals surface area contributed by atoms with Gasteiger partial charge in [-0.2, -0.15) is 11.3 Å². The van der Waals surface area contributed by atoms with Crippen molar-refractivity contribution < 1.29 is 19.1 Å². The van der Waals surface area contributed by atoms with E-state index in [0.29, 0.717) is 43.4 Å². The fourth-order valence-electron chi connectivity index (χ4n) is 3.57. The minimum Gasteiger partial charge on any atom is -0.476 e. The zero-order valence-corrected chi connectivity index (χ0v) is 17.7. The van der Waals surface area contributed by atoms with Gasteiger partial charge in [-0.25, -0.2) is 4.98 Å². The monoisotopic (exact) mass is 441 g/mol. The van der Waals surface area contributed by atoms with Gasteiger partial charge < -0.3 is 14.4 Å². The molecule has 0 aliphatic carbocycles. The van der Waals surface area contributed by atoms with E-state index in [-0.39, 0.29) is 18.4 Å². The van der Waals surface area contributed by atoms with Gasteiger partial charge in [-0.1, -0.05) is 12.1 Å². The number of ether oxygens (including phenoxy) is 2. The second-order valence-electron chi connectivity index (χ2n) is 6.98. The predicted molar refractivity (Wildman–Crippen MR) is 115 cm³/mol. The summed E-state index contributed by atoms with van der Waals surface area (Å²) in [5.74, 6) is 0.170. The van der Waals surface area contributed by atoms with E-state index in [2.05, 4.69) is 4.98 Å². The second kappa shape index (κ2) is 8.17. The van der Waals surface area contributed by atoms with Crippen LogP contribution in [0, 0.1) is 0 Å². The number of thiophene rings is 1. The fourth-order valence-corrected chi connectivity index (χ4v) is 5.08. The lowest BCUT2D eigenvalue weighted by Gasteiger charge is -2.37. The van der Waals surface area contributed by atoms with Crippen LogP contribution in [0.5, 0.6) is 5.75 Å². The molecule has 0 spiro atoms. The molecule has 1 unspecified atom stereocenters. The highest BCUT2D eigenvalue weighted by Gasteiger charge is 2.37. The van der Waals surface area contributed by atoms with Crippen LogP contribution in [0.4, 0.5) is 5.69 Å². The first-order chi connectivity index (χ1) is 14.7. The molecule has 0 radical (unpaired) electrons. The fraction of sp³-hybridized carbons (Fsp3) is 0.286. The van der Waals surface area contributed by atoms with Gasteiger partial charge in [-0.05, 0) is 23.6 Å². The maximum atomic E-state index is 13.4. The molecule has 1 saturated heterocycles. The van der Waals surface area contributed by atoms with E-state index >= 15 is 0 Å². The number of nitrogens with zero attached hydrogens (tertiary/aromatic N) is 3.